The van der Waals surface area contributed by atoms with Gasteiger partial charge in [-0.15, -0.1) is 0 Å². The summed E-state index contributed by atoms with van der Waals surface area (Å²) >= 11 is 0. The van der Waals surface area contributed by atoms with Gasteiger partial charge in [-0.3, -0.25) is 0 Å². The molecule has 0 saturated carbocycles. The zero-order chi connectivity index (χ0) is 12.0. The van der Waals surface area contributed by atoms with E-state index >= 15 is 0 Å². The molecule has 1 aromatic rings. The first-order valence-corrected chi connectivity index (χ1v) is 5.82. The van der Waals surface area contributed by atoms with E-state index < -0.39 is 0 Å². The second-order valence-corrected chi connectivity index (χ2v) is 3.77. The number of nitrogens with zero attached hydrogens (tertiary/aromatic N) is 2. The monoisotopic (exact) mass is 223 g/mol. The Morgan fingerprint density at radius 2 is 2.00 bits per heavy atom. The maximum absolute atomic E-state index is 5.07. The average Bonchev–Trinajstić information content (AvgIpc) is 2.29. The molecule has 4 heteroatoms. The van der Waals surface area contributed by atoms with Crippen LogP contribution in [-0.4, -0.2) is 23.6 Å². The van der Waals surface area contributed by atoms with Crippen molar-refractivity contribution in [2.75, 3.05) is 19.0 Å². The molecular weight excluding hydrogens is 202 g/mol. The summed E-state index contributed by atoms with van der Waals surface area (Å²) in [5.74, 6) is 1.70. The molecule has 1 aromatic heterocycles. The number of nitrogens with one attached hydrogen (secondary N) is 1. The Kier molecular flexibility index (Phi) is 5.19. The Morgan fingerprint density at radius 1 is 1.25 bits per heavy atom. The van der Waals surface area contributed by atoms with E-state index in [4.69, 9.17) is 4.74 Å². The van der Waals surface area contributed by atoms with Gasteiger partial charge in [-0.25, -0.2) is 9.97 Å². The molecule has 90 valence electrons. The first kappa shape index (κ1) is 12.9. The van der Waals surface area contributed by atoms with Crippen molar-refractivity contribution in [3.05, 3.63) is 17.1 Å². The van der Waals surface area contributed by atoms with Crippen LogP contribution in [0.25, 0.3) is 0 Å². The molecular formula is C12H21N3O. The number of anilines is 1. The first-order valence-electron chi connectivity index (χ1n) is 5.82. The van der Waals surface area contributed by atoms with E-state index in [2.05, 4.69) is 36.1 Å². The molecule has 1 rings (SSSR count). The van der Waals surface area contributed by atoms with Crippen molar-refractivity contribution in [1.82, 2.24) is 9.97 Å². The predicted molar refractivity (Wildman–Crippen MR) is 65.6 cm³/mol. The van der Waals surface area contributed by atoms with Crippen molar-refractivity contribution in [3.63, 3.8) is 0 Å². The van der Waals surface area contributed by atoms with Gasteiger partial charge in [0.25, 0.3) is 0 Å². The van der Waals surface area contributed by atoms with Crippen molar-refractivity contribution in [2.24, 2.45) is 0 Å². The van der Waals surface area contributed by atoms with Crippen LogP contribution in [0.4, 0.5) is 5.82 Å². The lowest BCUT2D eigenvalue weighted by molar-refractivity contribution is 0.177. The molecule has 0 fully saturated rings. The van der Waals surface area contributed by atoms with Crippen LogP contribution in [0.3, 0.4) is 0 Å². The summed E-state index contributed by atoms with van der Waals surface area (Å²) < 4.78 is 5.07. The van der Waals surface area contributed by atoms with Gasteiger partial charge in [0.2, 0.25) is 0 Å². The fraction of sp³-hybridized carbons (Fsp3) is 0.667. The summed E-state index contributed by atoms with van der Waals surface area (Å²) in [6.07, 6.45) is 2.01. The Hall–Kier alpha value is -1.16. The van der Waals surface area contributed by atoms with E-state index in [0.717, 1.165) is 42.3 Å². The lowest BCUT2D eigenvalue weighted by Gasteiger charge is -2.12. The number of rotatable bonds is 6. The number of hydrogen-bond donors (Lipinski definition) is 1. The van der Waals surface area contributed by atoms with Crippen LogP contribution in [0.5, 0.6) is 0 Å². The summed E-state index contributed by atoms with van der Waals surface area (Å²) in [4.78, 5) is 8.93. The Bertz CT molecular complexity index is 339. The minimum absolute atomic E-state index is 0.466. The predicted octanol–water partition coefficient (Wildman–Crippen LogP) is 2.32. The van der Waals surface area contributed by atoms with E-state index in [-0.39, 0.29) is 0 Å². The van der Waals surface area contributed by atoms with E-state index in [1.807, 2.05) is 0 Å². The molecule has 0 radical (unpaired) electrons. The summed E-state index contributed by atoms with van der Waals surface area (Å²) in [7, 11) is 1.66. The topological polar surface area (TPSA) is 47.0 Å². The standard InChI is InChI=1S/C12H21N3O/c1-5-7-13-12-9(3)10(6-2)14-11(15-12)8-16-4/h5-8H2,1-4H3,(H,13,14,15). The molecule has 4 nitrogen and oxygen atoms in total. The van der Waals surface area contributed by atoms with Crippen LogP contribution in [0, 0.1) is 6.92 Å². The fourth-order valence-electron chi connectivity index (χ4n) is 1.57. The van der Waals surface area contributed by atoms with Crippen LogP contribution in [0.15, 0.2) is 0 Å². The van der Waals surface area contributed by atoms with Gasteiger partial charge >= 0.3 is 0 Å². The third-order valence-corrected chi connectivity index (χ3v) is 2.44. The summed E-state index contributed by atoms with van der Waals surface area (Å²) in [6.45, 7) is 7.71. The molecule has 0 spiro atoms. The third kappa shape index (κ3) is 3.17. The van der Waals surface area contributed by atoms with Crippen LogP contribution in [0.2, 0.25) is 0 Å². The Labute approximate surface area is 97.5 Å². The number of ether oxygens (including phenoxy) is 1. The third-order valence-electron chi connectivity index (χ3n) is 2.44. The van der Waals surface area contributed by atoms with E-state index in [9.17, 15) is 0 Å². The smallest absolute Gasteiger partial charge is 0.156 e. The minimum atomic E-state index is 0.466. The highest BCUT2D eigenvalue weighted by Gasteiger charge is 2.08. The minimum Gasteiger partial charge on any atom is -0.377 e. The highest BCUT2D eigenvalue weighted by molar-refractivity contribution is 5.45. The van der Waals surface area contributed by atoms with Crippen molar-refractivity contribution < 1.29 is 4.74 Å². The summed E-state index contributed by atoms with van der Waals surface area (Å²) in [6, 6.07) is 0. The van der Waals surface area contributed by atoms with Crippen LogP contribution >= 0.6 is 0 Å². The van der Waals surface area contributed by atoms with Gasteiger partial charge in [0.1, 0.15) is 12.4 Å². The first-order chi connectivity index (χ1) is 7.72. The summed E-state index contributed by atoms with van der Waals surface area (Å²) in [5, 5.41) is 3.33. The highest BCUT2D eigenvalue weighted by atomic mass is 16.5. The quantitative estimate of drug-likeness (QED) is 0.804. The molecule has 0 amide bonds. The molecule has 0 saturated heterocycles. The van der Waals surface area contributed by atoms with Crippen molar-refractivity contribution in [2.45, 2.75) is 40.2 Å². The second kappa shape index (κ2) is 6.43. The molecule has 1 heterocycles. The van der Waals surface area contributed by atoms with E-state index in [1.165, 1.54) is 0 Å². The van der Waals surface area contributed by atoms with Crippen LogP contribution < -0.4 is 5.32 Å². The van der Waals surface area contributed by atoms with Gasteiger partial charge in [0.05, 0.1) is 0 Å². The van der Waals surface area contributed by atoms with Gasteiger partial charge in [-0.1, -0.05) is 13.8 Å². The van der Waals surface area contributed by atoms with Gasteiger partial charge in [-0.2, -0.15) is 0 Å². The van der Waals surface area contributed by atoms with Gasteiger partial charge in [0, 0.05) is 24.9 Å². The molecule has 0 unspecified atom stereocenters. The molecule has 16 heavy (non-hydrogen) atoms. The zero-order valence-corrected chi connectivity index (χ0v) is 10.6. The molecule has 0 aliphatic rings. The van der Waals surface area contributed by atoms with Crippen LogP contribution in [-0.2, 0) is 17.8 Å². The maximum atomic E-state index is 5.07. The normalized spacial score (nSPS) is 10.5. The van der Waals surface area contributed by atoms with E-state index in [1.54, 1.807) is 7.11 Å². The fourth-order valence-corrected chi connectivity index (χ4v) is 1.57. The van der Waals surface area contributed by atoms with Crippen LogP contribution in [0.1, 0.15) is 37.4 Å². The Morgan fingerprint density at radius 3 is 2.56 bits per heavy atom. The highest BCUT2D eigenvalue weighted by Crippen LogP contribution is 2.16. The lowest BCUT2D eigenvalue weighted by Crippen LogP contribution is -2.10. The Balaban J connectivity index is 2.98. The average molecular weight is 223 g/mol. The molecule has 1 N–H and O–H groups in total. The van der Waals surface area contributed by atoms with Crippen molar-refractivity contribution in [3.8, 4) is 0 Å². The molecule has 0 aliphatic carbocycles. The van der Waals surface area contributed by atoms with Gasteiger partial charge in [0.15, 0.2) is 5.82 Å². The van der Waals surface area contributed by atoms with Crippen molar-refractivity contribution >= 4 is 5.82 Å². The van der Waals surface area contributed by atoms with Gasteiger partial charge in [-0.05, 0) is 19.8 Å². The number of methoxy groups -OCH3 is 1. The van der Waals surface area contributed by atoms with E-state index in [0.29, 0.717) is 6.61 Å². The maximum Gasteiger partial charge on any atom is 0.156 e. The number of aromatic nitrogens is 2. The van der Waals surface area contributed by atoms with Gasteiger partial charge < -0.3 is 10.1 Å². The lowest BCUT2D eigenvalue weighted by atomic mass is 10.2. The molecule has 0 bridgehead atoms. The number of aryl methyl sites for hydroxylation is 1. The number of hydrogen-bond acceptors (Lipinski definition) is 4. The SMILES string of the molecule is CCCNc1nc(COC)nc(CC)c1C. The largest absolute Gasteiger partial charge is 0.377 e. The summed E-state index contributed by atoms with van der Waals surface area (Å²) in [5.41, 5.74) is 2.25. The van der Waals surface area contributed by atoms with Crippen molar-refractivity contribution in [1.29, 1.82) is 0 Å². The molecule has 0 aliphatic heterocycles. The second-order valence-electron chi connectivity index (χ2n) is 3.77. The molecule has 0 atom stereocenters. The zero-order valence-electron chi connectivity index (χ0n) is 10.6. The molecule has 0 aromatic carbocycles.